The molecule has 1 aromatic rings. The largest absolute Gasteiger partial charge is 0.377 e. The fraction of sp³-hybridized carbons (Fsp3) is 0.692. The van der Waals surface area contributed by atoms with Crippen molar-refractivity contribution in [3.8, 4) is 0 Å². The average Bonchev–Trinajstić information content (AvgIpc) is 2.40. The van der Waals surface area contributed by atoms with E-state index in [4.69, 9.17) is 4.74 Å². The molecule has 0 radical (unpaired) electrons. The Balaban J connectivity index is 2.13. The molecule has 1 aromatic heterocycles. The monoisotopic (exact) mass is 250 g/mol. The SMILES string of the molecule is CCNc1cncc(N2CCCC(C)(OC)C2)n1. The van der Waals surface area contributed by atoms with Gasteiger partial charge in [-0.3, -0.25) is 4.98 Å². The van der Waals surface area contributed by atoms with Gasteiger partial charge in [-0.15, -0.1) is 0 Å². The molecule has 18 heavy (non-hydrogen) atoms. The molecule has 0 amide bonds. The van der Waals surface area contributed by atoms with Crippen molar-refractivity contribution in [1.82, 2.24) is 9.97 Å². The summed E-state index contributed by atoms with van der Waals surface area (Å²) in [7, 11) is 1.78. The smallest absolute Gasteiger partial charge is 0.149 e. The van der Waals surface area contributed by atoms with Crippen LogP contribution in [0.15, 0.2) is 12.4 Å². The Morgan fingerprint density at radius 2 is 2.33 bits per heavy atom. The quantitative estimate of drug-likeness (QED) is 0.884. The van der Waals surface area contributed by atoms with Crippen LogP contribution in [0.3, 0.4) is 0 Å². The Hall–Kier alpha value is -1.36. The van der Waals surface area contributed by atoms with Crippen molar-refractivity contribution < 1.29 is 4.74 Å². The van der Waals surface area contributed by atoms with E-state index in [-0.39, 0.29) is 5.60 Å². The molecule has 1 N–H and O–H groups in total. The number of ether oxygens (including phenoxy) is 1. The molecule has 5 nitrogen and oxygen atoms in total. The second-order valence-electron chi connectivity index (χ2n) is 4.97. The lowest BCUT2D eigenvalue weighted by molar-refractivity contribution is -0.00482. The van der Waals surface area contributed by atoms with Gasteiger partial charge in [-0.1, -0.05) is 0 Å². The van der Waals surface area contributed by atoms with Crippen molar-refractivity contribution in [3.63, 3.8) is 0 Å². The maximum absolute atomic E-state index is 5.60. The predicted octanol–water partition coefficient (Wildman–Crippen LogP) is 1.91. The number of piperidine rings is 1. The normalized spacial score (nSPS) is 24.1. The van der Waals surface area contributed by atoms with E-state index < -0.39 is 0 Å². The number of nitrogens with one attached hydrogen (secondary N) is 1. The minimum Gasteiger partial charge on any atom is -0.377 e. The van der Waals surface area contributed by atoms with E-state index in [1.807, 2.05) is 6.20 Å². The summed E-state index contributed by atoms with van der Waals surface area (Å²) in [5.41, 5.74) is -0.0753. The summed E-state index contributed by atoms with van der Waals surface area (Å²) in [6.45, 7) is 6.95. The van der Waals surface area contributed by atoms with Gasteiger partial charge in [-0.25, -0.2) is 4.98 Å². The highest BCUT2D eigenvalue weighted by atomic mass is 16.5. The number of rotatable bonds is 4. The van der Waals surface area contributed by atoms with Crippen LogP contribution in [0.1, 0.15) is 26.7 Å². The summed E-state index contributed by atoms with van der Waals surface area (Å²) < 4.78 is 5.60. The molecule has 0 saturated carbocycles. The van der Waals surface area contributed by atoms with E-state index in [9.17, 15) is 0 Å². The van der Waals surface area contributed by atoms with Gasteiger partial charge in [0.2, 0.25) is 0 Å². The van der Waals surface area contributed by atoms with Crippen LogP contribution in [0.25, 0.3) is 0 Å². The summed E-state index contributed by atoms with van der Waals surface area (Å²) >= 11 is 0. The van der Waals surface area contributed by atoms with Gasteiger partial charge in [0, 0.05) is 26.7 Å². The molecule has 0 spiro atoms. The molecule has 2 heterocycles. The fourth-order valence-corrected chi connectivity index (χ4v) is 2.34. The standard InChI is InChI=1S/C13H22N4O/c1-4-15-11-8-14-9-12(16-11)17-7-5-6-13(2,10-17)18-3/h8-9H,4-7,10H2,1-3H3,(H,15,16). The summed E-state index contributed by atoms with van der Waals surface area (Å²) in [4.78, 5) is 11.1. The van der Waals surface area contributed by atoms with E-state index in [0.717, 1.165) is 44.1 Å². The van der Waals surface area contributed by atoms with Crippen molar-refractivity contribution in [3.05, 3.63) is 12.4 Å². The Morgan fingerprint density at radius 3 is 3.06 bits per heavy atom. The van der Waals surface area contributed by atoms with Crippen molar-refractivity contribution >= 4 is 11.6 Å². The van der Waals surface area contributed by atoms with Crippen molar-refractivity contribution in [2.24, 2.45) is 0 Å². The number of hydrogen-bond acceptors (Lipinski definition) is 5. The van der Waals surface area contributed by atoms with Crippen LogP contribution in [0.5, 0.6) is 0 Å². The van der Waals surface area contributed by atoms with Crippen molar-refractivity contribution in [1.29, 1.82) is 0 Å². The number of methoxy groups -OCH3 is 1. The first-order chi connectivity index (χ1) is 8.67. The Kier molecular flexibility index (Phi) is 4.01. The predicted molar refractivity (Wildman–Crippen MR) is 73.1 cm³/mol. The highest BCUT2D eigenvalue weighted by Gasteiger charge is 2.31. The molecular formula is C13H22N4O. The van der Waals surface area contributed by atoms with Crippen LogP contribution in [0.4, 0.5) is 11.6 Å². The van der Waals surface area contributed by atoms with Crippen molar-refractivity contribution in [2.45, 2.75) is 32.3 Å². The minimum absolute atomic E-state index is 0.0753. The highest BCUT2D eigenvalue weighted by Crippen LogP contribution is 2.27. The van der Waals surface area contributed by atoms with Crippen molar-refractivity contribution in [2.75, 3.05) is 37.0 Å². The summed E-state index contributed by atoms with van der Waals surface area (Å²) in [5, 5.41) is 3.19. The second-order valence-corrected chi connectivity index (χ2v) is 4.97. The molecule has 5 heteroatoms. The van der Waals surface area contributed by atoms with E-state index >= 15 is 0 Å². The Morgan fingerprint density at radius 1 is 1.50 bits per heavy atom. The zero-order valence-electron chi connectivity index (χ0n) is 11.4. The third-order valence-corrected chi connectivity index (χ3v) is 3.46. The van der Waals surface area contributed by atoms with Gasteiger partial charge in [0.1, 0.15) is 11.6 Å². The van der Waals surface area contributed by atoms with Crippen LogP contribution in [0.2, 0.25) is 0 Å². The third-order valence-electron chi connectivity index (χ3n) is 3.46. The molecule has 100 valence electrons. The van der Waals surface area contributed by atoms with Crippen LogP contribution in [-0.4, -0.2) is 42.3 Å². The molecular weight excluding hydrogens is 228 g/mol. The first-order valence-electron chi connectivity index (χ1n) is 6.53. The minimum atomic E-state index is -0.0753. The summed E-state index contributed by atoms with van der Waals surface area (Å²) in [6, 6.07) is 0. The highest BCUT2D eigenvalue weighted by molar-refractivity contribution is 5.44. The zero-order chi connectivity index (χ0) is 13.0. The van der Waals surface area contributed by atoms with Crippen LogP contribution < -0.4 is 10.2 Å². The van der Waals surface area contributed by atoms with Gasteiger partial charge in [-0.2, -0.15) is 0 Å². The Bertz CT molecular complexity index is 398. The maximum atomic E-state index is 5.60. The number of aromatic nitrogens is 2. The van der Waals surface area contributed by atoms with Gasteiger partial charge in [0.05, 0.1) is 18.0 Å². The summed E-state index contributed by atoms with van der Waals surface area (Å²) in [6.07, 6.45) is 5.80. The maximum Gasteiger partial charge on any atom is 0.149 e. The number of anilines is 2. The van der Waals surface area contributed by atoms with E-state index in [1.54, 1.807) is 13.3 Å². The molecule has 0 bridgehead atoms. The van der Waals surface area contributed by atoms with Gasteiger partial charge in [0.15, 0.2) is 0 Å². The van der Waals surface area contributed by atoms with Gasteiger partial charge in [0.25, 0.3) is 0 Å². The topological polar surface area (TPSA) is 50.3 Å². The lowest BCUT2D eigenvalue weighted by Crippen LogP contribution is -2.47. The molecule has 1 aliphatic rings. The fourth-order valence-electron chi connectivity index (χ4n) is 2.34. The van der Waals surface area contributed by atoms with Gasteiger partial charge < -0.3 is 15.0 Å². The first kappa shape index (κ1) is 13.1. The van der Waals surface area contributed by atoms with Crippen LogP contribution >= 0.6 is 0 Å². The third kappa shape index (κ3) is 2.90. The Labute approximate surface area is 109 Å². The molecule has 1 unspecified atom stereocenters. The number of nitrogens with zero attached hydrogens (tertiary/aromatic N) is 3. The second kappa shape index (κ2) is 5.52. The summed E-state index contributed by atoms with van der Waals surface area (Å²) in [5.74, 6) is 1.76. The molecule has 1 aliphatic heterocycles. The first-order valence-corrected chi connectivity index (χ1v) is 6.53. The van der Waals surface area contributed by atoms with E-state index in [2.05, 4.69) is 34.0 Å². The molecule has 2 rings (SSSR count). The average molecular weight is 250 g/mol. The van der Waals surface area contributed by atoms with Gasteiger partial charge in [-0.05, 0) is 26.7 Å². The molecule has 1 saturated heterocycles. The number of hydrogen-bond donors (Lipinski definition) is 1. The molecule has 0 aromatic carbocycles. The molecule has 0 aliphatic carbocycles. The lowest BCUT2D eigenvalue weighted by Gasteiger charge is -2.39. The van der Waals surface area contributed by atoms with Crippen LogP contribution in [0, 0.1) is 0 Å². The van der Waals surface area contributed by atoms with Crippen LogP contribution in [-0.2, 0) is 4.74 Å². The zero-order valence-corrected chi connectivity index (χ0v) is 11.4. The van der Waals surface area contributed by atoms with Gasteiger partial charge >= 0.3 is 0 Å². The molecule has 1 atom stereocenters. The van der Waals surface area contributed by atoms with E-state index in [1.165, 1.54) is 0 Å². The lowest BCUT2D eigenvalue weighted by atomic mass is 9.95. The molecule has 1 fully saturated rings. The van der Waals surface area contributed by atoms with E-state index in [0.29, 0.717) is 0 Å².